The van der Waals surface area contributed by atoms with Crippen LogP contribution in [0.3, 0.4) is 0 Å². The van der Waals surface area contributed by atoms with Gasteiger partial charge in [0, 0.05) is 6.54 Å². The Kier molecular flexibility index (Phi) is 17.9. The van der Waals surface area contributed by atoms with Gasteiger partial charge in [-0.2, -0.15) is 0 Å². The second-order valence-electron chi connectivity index (χ2n) is 8.69. The minimum Gasteiger partial charge on any atom is -0.475 e. The first-order valence-corrected chi connectivity index (χ1v) is 12.6. The van der Waals surface area contributed by atoms with E-state index in [-0.39, 0.29) is 0 Å². The summed E-state index contributed by atoms with van der Waals surface area (Å²) in [7, 11) is 0. The molecule has 0 radical (unpaired) electrons. The minimum absolute atomic E-state index is 0.357. The Morgan fingerprint density at radius 3 is 1.60 bits per heavy atom. The smallest absolute Gasteiger partial charge is 0.374 e. The third-order valence-electron chi connectivity index (χ3n) is 5.65. The molecule has 0 bridgehead atoms. The van der Waals surface area contributed by atoms with Crippen LogP contribution in [0.15, 0.2) is 0 Å². The molecule has 3 N–H and O–H groups in total. The molecule has 0 aliphatic rings. The number of ketones is 1. The lowest BCUT2D eigenvalue weighted by molar-refractivity contribution is -0.151. The zero-order valence-corrected chi connectivity index (χ0v) is 20.5. The lowest BCUT2D eigenvalue weighted by atomic mass is 9.91. The van der Waals surface area contributed by atoms with Gasteiger partial charge in [0.25, 0.3) is 5.78 Å². The summed E-state index contributed by atoms with van der Waals surface area (Å²) < 4.78 is 0. The maximum Gasteiger partial charge on any atom is 0.374 e. The third-order valence-corrected chi connectivity index (χ3v) is 5.90. The molecule has 1 atom stereocenters. The number of thiocarbonyl (C=S) groups is 1. The monoisotopic (exact) mass is 442 g/mol. The quantitative estimate of drug-likeness (QED) is 0.119. The average Bonchev–Trinajstić information content (AvgIpc) is 2.70. The Bertz CT molecular complexity index is 485. The van der Waals surface area contributed by atoms with Crippen molar-refractivity contribution < 1.29 is 14.7 Å². The van der Waals surface area contributed by atoms with Gasteiger partial charge in [-0.05, 0) is 32.0 Å². The van der Waals surface area contributed by atoms with E-state index in [0.29, 0.717) is 18.0 Å². The van der Waals surface area contributed by atoms with Gasteiger partial charge in [-0.3, -0.25) is 4.79 Å². The van der Waals surface area contributed by atoms with E-state index in [1.807, 2.05) is 6.92 Å². The zero-order valence-electron chi connectivity index (χ0n) is 19.7. The van der Waals surface area contributed by atoms with E-state index in [0.717, 1.165) is 19.4 Å². The number of hydrogen-bond donors (Lipinski definition) is 3. The fraction of sp³-hybridized carbons (Fsp3) is 0.875. The van der Waals surface area contributed by atoms with Gasteiger partial charge in [0.1, 0.15) is 5.54 Å². The van der Waals surface area contributed by atoms with Gasteiger partial charge in [-0.25, -0.2) is 4.79 Å². The molecule has 0 heterocycles. The van der Waals surface area contributed by atoms with Crippen molar-refractivity contribution in [2.75, 3.05) is 6.54 Å². The molecule has 1 unspecified atom stereocenters. The van der Waals surface area contributed by atoms with Crippen molar-refractivity contribution in [2.24, 2.45) is 0 Å². The van der Waals surface area contributed by atoms with E-state index < -0.39 is 17.3 Å². The molecule has 30 heavy (non-hydrogen) atoms. The molecule has 0 saturated carbocycles. The zero-order chi connectivity index (χ0) is 22.7. The molecule has 0 amide bonds. The Morgan fingerprint density at radius 1 is 0.767 bits per heavy atom. The SMILES string of the molecule is CCCCCCCCCCCCCCCCNC(=S)NC(C)(CCC)C(=O)C(=O)O. The summed E-state index contributed by atoms with van der Waals surface area (Å²) >= 11 is 5.25. The summed E-state index contributed by atoms with van der Waals surface area (Å²) in [6, 6.07) is 0. The first-order chi connectivity index (χ1) is 14.4. The highest BCUT2D eigenvalue weighted by molar-refractivity contribution is 7.80. The lowest BCUT2D eigenvalue weighted by Gasteiger charge is -2.28. The van der Waals surface area contributed by atoms with Crippen molar-refractivity contribution in [1.29, 1.82) is 0 Å². The van der Waals surface area contributed by atoms with Gasteiger partial charge in [0.15, 0.2) is 5.11 Å². The maximum atomic E-state index is 12.0. The molecule has 176 valence electrons. The highest BCUT2D eigenvalue weighted by Gasteiger charge is 2.37. The summed E-state index contributed by atoms with van der Waals surface area (Å²) in [5, 5.41) is 15.4. The minimum atomic E-state index is -1.42. The van der Waals surface area contributed by atoms with E-state index in [2.05, 4.69) is 17.6 Å². The Morgan fingerprint density at radius 2 is 1.20 bits per heavy atom. The summed E-state index contributed by atoms with van der Waals surface area (Å²) in [4.78, 5) is 23.0. The number of carbonyl (C=O) groups excluding carboxylic acids is 1. The van der Waals surface area contributed by atoms with Crippen LogP contribution in [0, 0.1) is 0 Å². The molecule has 0 spiro atoms. The molecular formula is C24H46N2O3S. The molecule has 0 aliphatic carbocycles. The fourth-order valence-corrected chi connectivity index (χ4v) is 4.11. The number of unbranched alkanes of at least 4 members (excludes halogenated alkanes) is 13. The van der Waals surface area contributed by atoms with E-state index in [4.69, 9.17) is 17.3 Å². The van der Waals surface area contributed by atoms with Crippen molar-refractivity contribution in [3.05, 3.63) is 0 Å². The van der Waals surface area contributed by atoms with Gasteiger partial charge < -0.3 is 15.7 Å². The predicted octanol–water partition coefficient (Wildman–Crippen LogP) is 6.14. The van der Waals surface area contributed by atoms with Crippen molar-refractivity contribution in [1.82, 2.24) is 10.6 Å². The molecule has 0 aromatic heterocycles. The third kappa shape index (κ3) is 14.8. The van der Waals surface area contributed by atoms with Gasteiger partial charge in [-0.1, -0.05) is 104 Å². The standard InChI is InChI=1S/C24H46N2O3S/c1-4-6-7-8-9-10-11-12-13-14-15-16-17-18-20-25-23(30)26-24(3,19-5-2)21(27)22(28)29/h4-20H2,1-3H3,(H,28,29)(H2,25,26,30). The molecule has 0 rings (SSSR count). The van der Waals surface area contributed by atoms with E-state index in [1.165, 1.54) is 77.0 Å². The van der Waals surface area contributed by atoms with Gasteiger partial charge >= 0.3 is 5.97 Å². The Balaban J connectivity index is 3.64. The van der Waals surface area contributed by atoms with Gasteiger partial charge in [0.05, 0.1) is 0 Å². The van der Waals surface area contributed by atoms with Crippen molar-refractivity contribution >= 4 is 29.1 Å². The van der Waals surface area contributed by atoms with Crippen LogP contribution in [-0.2, 0) is 9.59 Å². The molecular weight excluding hydrogens is 396 g/mol. The van der Waals surface area contributed by atoms with Gasteiger partial charge in [0.2, 0.25) is 0 Å². The van der Waals surface area contributed by atoms with Crippen molar-refractivity contribution in [2.45, 2.75) is 129 Å². The summed E-state index contributed by atoms with van der Waals surface area (Å²) in [6.45, 7) is 6.53. The van der Waals surface area contributed by atoms with Crippen LogP contribution in [-0.4, -0.2) is 34.1 Å². The van der Waals surface area contributed by atoms with Gasteiger partial charge in [-0.15, -0.1) is 0 Å². The summed E-state index contributed by atoms with van der Waals surface area (Å²) in [5.74, 6) is -2.27. The normalized spacial score (nSPS) is 12.9. The van der Waals surface area contributed by atoms with Crippen LogP contribution in [0.25, 0.3) is 0 Å². The van der Waals surface area contributed by atoms with Crippen LogP contribution >= 0.6 is 12.2 Å². The first kappa shape index (κ1) is 28.8. The van der Waals surface area contributed by atoms with Crippen LogP contribution < -0.4 is 10.6 Å². The molecule has 0 saturated heterocycles. The van der Waals surface area contributed by atoms with Crippen molar-refractivity contribution in [3.8, 4) is 0 Å². The largest absolute Gasteiger partial charge is 0.475 e. The van der Waals surface area contributed by atoms with Crippen LogP contribution in [0.4, 0.5) is 0 Å². The predicted molar refractivity (Wildman–Crippen MR) is 130 cm³/mol. The highest BCUT2D eigenvalue weighted by Crippen LogP contribution is 2.15. The lowest BCUT2D eigenvalue weighted by Crippen LogP contribution is -2.57. The van der Waals surface area contributed by atoms with Crippen LogP contribution in [0.5, 0.6) is 0 Å². The van der Waals surface area contributed by atoms with Crippen molar-refractivity contribution in [3.63, 3.8) is 0 Å². The summed E-state index contributed by atoms with van der Waals surface area (Å²) in [5.41, 5.74) is -1.15. The topological polar surface area (TPSA) is 78.4 Å². The second kappa shape index (κ2) is 18.6. The summed E-state index contributed by atoms with van der Waals surface area (Å²) in [6.07, 6.45) is 19.6. The van der Waals surface area contributed by atoms with Crippen LogP contribution in [0.2, 0.25) is 0 Å². The van der Waals surface area contributed by atoms with Crippen LogP contribution in [0.1, 0.15) is 124 Å². The van der Waals surface area contributed by atoms with E-state index >= 15 is 0 Å². The highest BCUT2D eigenvalue weighted by atomic mass is 32.1. The molecule has 0 fully saturated rings. The number of carboxylic acids is 1. The fourth-order valence-electron chi connectivity index (χ4n) is 3.79. The average molecular weight is 443 g/mol. The maximum absolute atomic E-state index is 12.0. The Labute approximate surface area is 190 Å². The number of Topliss-reactive ketones (excluding diaryl/α,β-unsaturated/α-hetero) is 1. The van der Waals surface area contributed by atoms with E-state index in [9.17, 15) is 9.59 Å². The number of rotatable bonds is 20. The number of aliphatic carboxylic acids is 1. The first-order valence-electron chi connectivity index (χ1n) is 12.2. The molecule has 5 nitrogen and oxygen atoms in total. The number of carboxylic acid groups (broad SMARTS) is 1. The molecule has 0 aliphatic heterocycles. The number of carbonyl (C=O) groups is 2. The molecule has 0 aromatic carbocycles. The number of nitrogens with one attached hydrogen (secondary N) is 2. The number of hydrogen-bond acceptors (Lipinski definition) is 3. The Hall–Kier alpha value is -1.17. The van der Waals surface area contributed by atoms with E-state index in [1.54, 1.807) is 6.92 Å². The second-order valence-corrected chi connectivity index (χ2v) is 9.10. The molecule has 6 heteroatoms. The molecule has 0 aromatic rings.